The van der Waals surface area contributed by atoms with Gasteiger partial charge in [-0.15, -0.1) is 0 Å². The SMILES string of the molecule is COCCN1CC(Cc2cc(C)nc(C(C)C)n2)CC1=O. The molecular weight excluding hydrogens is 266 g/mol. The lowest BCUT2D eigenvalue weighted by atomic mass is 10.0. The number of amides is 1. The van der Waals surface area contributed by atoms with E-state index in [0.717, 1.165) is 30.2 Å². The Morgan fingerprint density at radius 2 is 2.19 bits per heavy atom. The summed E-state index contributed by atoms with van der Waals surface area (Å²) in [5.41, 5.74) is 2.06. The van der Waals surface area contributed by atoms with Crippen LogP contribution in [-0.4, -0.2) is 47.6 Å². The van der Waals surface area contributed by atoms with Crippen LogP contribution in [0.1, 0.15) is 43.4 Å². The Morgan fingerprint density at radius 3 is 2.86 bits per heavy atom. The lowest BCUT2D eigenvalue weighted by molar-refractivity contribution is -0.128. The van der Waals surface area contributed by atoms with Gasteiger partial charge in [-0.1, -0.05) is 13.8 Å². The van der Waals surface area contributed by atoms with E-state index in [9.17, 15) is 4.79 Å². The maximum Gasteiger partial charge on any atom is 0.223 e. The number of methoxy groups -OCH3 is 1. The summed E-state index contributed by atoms with van der Waals surface area (Å²) >= 11 is 0. The minimum atomic E-state index is 0.229. The zero-order chi connectivity index (χ0) is 15.4. The third-order valence-corrected chi connectivity index (χ3v) is 3.80. The largest absolute Gasteiger partial charge is 0.383 e. The predicted octanol–water partition coefficient (Wildman–Crippen LogP) is 1.95. The molecule has 2 heterocycles. The summed E-state index contributed by atoms with van der Waals surface area (Å²) < 4.78 is 5.05. The molecule has 1 fully saturated rings. The zero-order valence-electron chi connectivity index (χ0n) is 13.4. The first kappa shape index (κ1) is 15.9. The van der Waals surface area contributed by atoms with Crippen molar-refractivity contribution in [2.75, 3.05) is 26.8 Å². The van der Waals surface area contributed by atoms with E-state index in [2.05, 4.69) is 23.8 Å². The van der Waals surface area contributed by atoms with E-state index in [4.69, 9.17) is 4.74 Å². The molecule has 5 nitrogen and oxygen atoms in total. The number of carbonyl (C=O) groups excluding carboxylic acids is 1. The van der Waals surface area contributed by atoms with Gasteiger partial charge in [0.15, 0.2) is 0 Å². The molecule has 21 heavy (non-hydrogen) atoms. The molecule has 0 N–H and O–H groups in total. The zero-order valence-corrected chi connectivity index (χ0v) is 13.4. The summed E-state index contributed by atoms with van der Waals surface area (Å²) in [5.74, 6) is 1.80. The second-order valence-corrected chi connectivity index (χ2v) is 6.12. The fraction of sp³-hybridized carbons (Fsp3) is 0.688. The van der Waals surface area contributed by atoms with Gasteiger partial charge in [0.25, 0.3) is 0 Å². The summed E-state index contributed by atoms with van der Waals surface area (Å²) in [7, 11) is 1.66. The highest BCUT2D eigenvalue weighted by Crippen LogP contribution is 2.22. The summed E-state index contributed by atoms with van der Waals surface area (Å²) in [6, 6.07) is 2.04. The Labute approximate surface area is 126 Å². The average molecular weight is 291 g/mol. The highest BCUT2D eigenvalue weighted by molar-refractivity contribution is 5.78. The predicted molar refractivity (Wildman–Crippen MR) is 81.1 cm³/mol. The molecule has 1 atom stereocenters. The van der Waals surface area contributed by atoms with Crippen LogP contribution in [0.3, 0.4) is 0 Å². The van der Waals surface area contributed by atoms with Crippen LogP contribution in [0.2, 0.25) is 0 Å². The molecule has 0 bridgehead atoms. The number of aromatic nitrogens is 2. The average Bonchev–Trinajstić information content (AvgIpc) is 2.75. The molecule has 0 saturated carbocycles. The molecule has 1 aliphatic rings. The summed E-state index contributed by atoms with van der Waals surface area (Å²) in [6.07, 6.45) is 1.46. The van der Waals surface area contributed by atoms with Crippen molar-refractivity contribution in [3.8, 4) is 0 Å². The van der Waals surface area contributed by atoms with Crippen LogP contribution in [0.15, 0.2) is 6.07 Å². The van der Waals surface area contributed by atoms with E-state index >= 15 is 0 Å². The van der Waals surface area contributed by atoms with Crippen molar-refractivity contribution in [3.05, 3.63) is 23.3 Å². The van der Waals surface area contributed by atoms with E-state index in [-0.39, 0.29) is 5.91 Å². The van der Waals surface area contributed by atoms with Gasteiger partial charge in [-0.2, -0.15) is 0 Å². The van der Waals surface area contributed by atoms with Gasteiger partial charge in [0.2, 0.25) is 5.91 Å². The van der Waals surface area contributed by atoms with Crippen LogP contribution in [-0.2, 0) is 16.0 Å². The smallest absolute Gasteiger partial charge is 0.223 e. The monoisotopic (exact) mass is 291 g/mol. The minimum absolute atomic E-state index is 0.229. The number of nitrogens with zero attached hydrogens (tertiary/aromatic N) is 3. The molecule has 1 aromatic rings. The molecular formula is C16H25N3O2. The van der Waals surface area contributed by atoms with Gasteiger partial charge in [0, 0.05) is 43.9 Å². The molecule has 1 aliphatic heterocycles. The first-order chi connectivity index (χ1) is 9.99. The lowest BCUT2D eigenvalue weighted by Gasteiger charge is -2.16. The van der Waals surface area contributed by atoms with Crippen LogP contribution in [0.25, 0.3) is 0 Å². The van der Waals surface area contributed by atoms with Gasteiger partial charge in [-0.25, -0.2) is 9.97 Å². The minimum Gasteiger partial charge on any atom is -0.383 e. The van der Waals surface area contributed by atoms with Gasteiger partial charge >= 0.3 is 0 Å². The van der Waals surface area contributed by atoms with Crippen molar-refractivity contribution in [2.45, 2.75) is 39.5 Å². The van der Waals surface area contributed by atoms with E-state index in [1.54, 1.807) is 7.11 Å². The second kappa shape index (κ2) is 6.98. The molecule has 2 rings (SSSR count). The third kappa shape index (κ3) is 4.24. The maximum absolute atomic E-state index is 12.0. The Bertz CT molecular complexity index is 502. The normalized spacial score (nSPS) is 18.8. The summed E-state index contributed by atoms with van der Waals surface area (Å²) in [5, 5.41) is 0. The van der Waals surface area contributed by atoms with Crippen molar-refractivity contribution >= 4 is 5.91 Å². The molecule has 0 spiro atoms. The molecule has 5 heteroatoms. The Hall–Kier alpha value is -1.49. The Balaban J connectivity index is 2.01. The molecule has 1 amide bonds. The molecule has 116 valence electrons. The third-order valence-electron chi connectivity index (χ3n) is 3.80. The molecule has 1 saturated heterocycles. The standard InChI is InChI=1S/C16H25N3O2/c1-11(2)16-17-12(3)7-14(18-16)8-13-9-15(20)19(10-13)5-6-21-4/h7,11,13H,5-6,8-10H2,1-4H3. The first-order valence-corrected chi connectivity index (χ1v) is 7.60. The van der Waals surface area contributed by atoms with Crippen LogP contribution in [0.4, 0.5) is 0 Å². The topological polar surface area (TPSA) is 55.3 Å². The number of hydrogen-bond donors (Lipinski definition) is 0. The number of rotatable bonds is 6. The van der Waals surface area contributed by atoms with Crippen molar-refractivity contribution < 1.29 is 9.53 Å². The van der Waals surface area contributed by atoms with Gasteiger partial charge in [-0.05, 0) is 25.3 Å². The fourth-order valence-electron chi connectivity index (χ4n) is 2.73. The van der Waals surface area contributed by atoms with Gasteiger partial charge in [0.05, 0.1) is 6.61 Å². The number of aryl methyl sites for hydroxylation is 1. The number of hydrogen-bond acceptors (Lipinski definition) is 4. The van der Waals surface area contributed by atoms with Gasteiger partial charge in [-0.3, -0.25) is 4.79 Å². The Kier molecular flexibility index (Phi) is 5.28. The first-order valence-electron chi connectivity index (χ1n) is 7.60. The van der Waals surface area contributed by atoms with Crippen molar-refractivity contribution in [3.63, 3.8) is 0 Å². The van der Waals surface area contributed by atoms with Crippen molar-refractivity contribution in [2.24, 2.45) is 5.92 Å². The Morgan fingerprint density at radius 1 is 1.43 bits per heavy atom. The van der Waals surface area contributed by atoms with E-state index in [1.165, 1.54) is 0 Å². The van der Waals surface area contributed by atoms with Gasteiger partial charge < -0.3 is 9.64 Å². The molecule has 1 aromatic heterocycles. The molecule has 1 unspecified atom stereocenters. The van der Waals surface area contributed by atoms with Gasteiger partial charge in [0.1, 0.15) is 5.82 Å². The van der Waals surface area contributed by atoms with Crippen molar-refractivity contribution in [1.29, 1.82) is 0 Å². The quantitative estimate of drug-likeness (QED) is 0.804. The highest BCUT2D eigenvalue weighted by Gasteiger charge is 2.29. The molecule has 0 aliphatic carbocycles. The summed E-state index contributed by atoms with van der Waals surface area (Å²) in [4.78, 5) is 23.0. The number of carbonyl (C=O) groups is 1. The van der Waals surface area contributed by atoms with Crippen LogP contribution < -0.4 is 0 Å². The fourth-order valence-corrected chi connectivity index (χ4v) is 2.73. The van der Waals surface area contributed by atoms with Crippen molar-refractivity contribution in [1.82, 2.24) is 14.9 Å². The number of likely N-dealkylation sites (tertiary alicyclic amines) is 1. The van der Waals surface area contributed by atoms with E-state index in [1.807, 2.05) is 17.9 Å². The summed E-state index contributed by atoms with van der Waals surface area (Å²) in [6.45, 7) is 8.30. The number of ether oxygens (including phenoxy) is 1. The maximum atomic E-state index is 12.0. The van der Waals surface area contributed by atoms with Crippen LogP contribution >= 0.6 is 0 Å². The molecule has 0 aromatic carbocycles. The lowest BCUT2D eigenvalue weighted by Crippen LogP contribution is -2.29. The van der Waals surface area contributed by atoms with Crippen LogP contribution in [0.5, 0.6) is 0 Å². The van der Waals surface area contributed by atoms with E-state index < -0.39 is 0 Å². The highest BCUT2D eigenvalue weighted by atomic mass is 16.5. The van der Waals surface area contributed by atoms with Crippen LogP contribution in [0, 0.1) is 12.8 Å². The van der Waals surface area contributed by atoms with E-state index in [0.29, 0.717) is 31.4 Å². The molecule has 0 radical (unpaired) electrons. The second-order valence-electron chi connectivity index (χ2n) is 6.12.